The average molecular weight is 382 g/mol. The molecule has 1 fully saturated rings. The predicted molar refractivity (Wildman–Crippen MR) is 106 cm³/mol. The molecule has 3 aromatic rings. The highest BCUT2D eigenvalue weighted by Gasteiger charge is 2.30. The van der Waals surface area contributed by atoms with E-state index in [1.807, 2.05) is 30.3 Å². The largest absolute Gasteiger partial charge is 0.352 e. The normalized spacial score (nSPS) is 17.2. The molecule has 0 aliphatic heterocycles. The quantitative estimate of drug-likeness (QED) is 0.529. The van der Waals surface area contributed by atoms with E-state index < -0.39 is 0 Å². The van der Waals surface area contributed by atoms with Crippen LogP contribution in [0.15, 0.2) is 41.7 Å². The molecular weight excluding hydrogens is 362 g/mol. The van der Waals surface area contributed by atoms with Gasteiger partial charge in [-0.25, -0.2) is 9.97 Å². The number of fused-ring (bicyclic) bond motifs is 3. The Morgan fingerprint density at radius 3 is 2.85 bits per heavy atom. The Balaban J connectivity index is 1.54. The van der Waals surface area contributed by atoms with Crippen molar-refractivity contribution in [2.45, 2.75) is 48.4 Å². The minimum Gasteiger partial charge on any atom is -0.352 e. The van der Waals surface area contributed by atoms with E-state index in [-0.39, 0.29) is 11.2 Å². The van der Waals surface area contributed by atoms with Crippen molar-refractivity contribution in [3.63, 3.8) is 0 Å². The van der Waals surface area contributed by atoms with Crippen molar-refractivity contribution in [3.05, 3.63) is 52.7 Å². The zero-order valence-electron chi connectivity index (χ0n) is 14.3. The van der Waals surface area contributed by atoms with E-state index in [1.54, 1.807) is 29.4 Å². The molecule has 26 heavy (non-hydrogen) atoms. The van der Waals surface area contributed by atoms with Crippen LogP contribution in [-0.4, -0.2) is 21.9 Å². The molecular formula is C20H19N3OS2. The number of thioether (sulfide) groups is 1. The minimum absolute atomic E-state index is 0.0855. The van der Waals surface area contributed by atoms with E-state index >= 15 is 0 Å². The highest BCUT2D eigenvalue weighted by Crippen LogP contribution is 2.44. The van der Waals surface area contributed by atoms with Gasteiger partial charge in [-0.2, -0.15) is 0 Å². The first-order valence-corrected chi connectivity index (χ1v) is 10.8. The van der Waals surface area contributed by atoms with Crippen molar-refractivity contribution in [1.82, 2.24) is 15.3 Å². The number of aromatic nitrogens is 2. The summed E-state index contributed by atoms with van der Waals surface area (Å²) in [6, 6.07) is 10.4. The Morgan fingerprint density at radius 2 is 2.04 bits per heavy atom. The summed E-state index contributed by atoms with van der Waals surface area (Å²) in [5.41, 5.74) is 2.43. The van der Waals surface area contributed by atoms with Crippen molar-refractivity contribution in [1.29, 1.82) is 0 Å². The lowest BCUT2D eigenvalue weighted by atomic mass is 10.1. The molecule has 0 saturated heterocycles. The Hall–Kier alpha value is -1.92. The maximum Gasteiger partial charge on any atom is 0.238 e. The van der Waals surface area contributed by atoms with E-state index in [4.69, 9.17) is 0 Å². The maximum absolute atomic E-state index is 12.9. The molecule has 1 atom stereocenters. The first kappa shape index (κ1) is 16.3. The summed E-state index contributed by atoms with van der Waals surface area (Å²) in [4.78, 5) is 24.5. The molecule has 5 rings (SSSR count). The Bertz CT molecular complexity index is 966. The molecule has 1 saturated carbocycles. The van der Waals surface area contributed by atoms with Gasteiger partial charge < -0.3 is 5.32 Å². The van der Waals surface area contributed by atoms with Crippen molar-refractivity contribution >= 4 is 39.2 Å². The molecule has 1 amide bonds. The summed E-state index contributed by atoms with van der Waals surface area (Å²) in [5, 5.41) is 5.00. The van der Waals surface area contributed by atoms with Crippen LogP contribution in [0.25, 0.3) is 10.2 Å². The van der Waals surface area contributed by atoms with Gasteiger partial charge in [-0.05, 0) is 43.2 Å². The van der Waals surface area contributed by atoms with Crippen molar-refractivity contribution in [2.24, 2.45) is 0 Å². The molecule has 0 spiro atoms. The summed E-state index contributed by atoms with van der Waals surface area (Å²) in [6.45, 7) is 0. The molecule has 2 aliphatic carbocycles. The zero-order valence-corrected chi connectivity index (χ0v) is 15.9. The molecule has 0 bridgehead atoms. The zero-order chi connectivity index (χ0) is 17.5. The number of thiophene rings is 1. The predicted octanol–water partition coefficient (Wildman–Crippen LogP) is 4.29. The van der Waals surface area contributed by atoms with E-state index in [2.05, 4.69) is 15.3 Å². The van der Waals surface area contributed by atoms with E-state index in [1.165, 1.54) is 22.2 Å². The first-order valence-electron chi connectivity index (χ1n) is 9.07. The third kappa shape index (κ3) is 3.01. The minimum atomic E-state index is -0.285. The molecule has 0 radical (unpaired) electrons. The molecule has 2 aromatic heterocycles. The SMILES string of the molecule is O=C(NC1CC1)[C@H](Sc1ncnc2sc3c(c12)CCC3)c1ccccc1. The number of carbonyl (C=O) groups excluding carboxylic acids is 1. The van der Waals surface area contributed by atoms with Gasteiger partial charge in [0.15, 0.2) is 0 Å². The lowest BCUT2D eigenvalue weighted by Crippen LogP contribution is -2.29. The summed E-state index contributed by atoms with van der Waals surface area (Å²) in [7, 11) is 0. The fourth-order valence-corrected chi connectivity index (χ4v) is 5.94. The summed E-state index contributed by atoms with van der Waals surface area (Å²) < 4.78 is 0. The number of nitrogens with one attached hydrogen (secondary N) is 1. The number of rotatable bonds is 5. The van der Waals surface area contributed by atoms with Gasteiger partial charge in [-0.3, -0.25) is 4.79 Å². The molecule has 2 aliphatic rings. The highest BCUT2D eigenvalue weighted by molar-refractivity contribution is 8.00. The van der Waals surface area contributed by atoms with Crippen LogP contribution in [0.3, 0.4) is 0 Å². The Morgan fingerprint density at radius 1 is 1.19 bits per heavy atom. The van der Waals surface area contributed by atoms with Gasteiger partial charge in [0, 0.05) is 16.3 Å². The van der Waals surface area contributed by atoms with Crippen LogP contribution >= 0.6 is 23.1 Å². The monoisotopic (exact) mass is 381 g/mol. The van der Waals surface area contributed by atoms with Gasteiger partial charge in [0.05, 0.1) is 0 Å². The number of benzene rings is 1. The number of aryl methyl sites for hydroxylation is 2. The third-order valence-corrected chi connectivity index (χ3v) is 7.41. The number of hydrogen-bond donors (Lipinski definition) is 1. The second-order valence-electron chi connectivity index (χ2n) is 6.91. The molecule has 4 nitrogen and oxygen atoms in total. The molecule has 6 heteroatoms. The topological polar surface area (TPSA) is 54.9 Å². The average Bonchev–Trinajstić information content (AvgIpc) is 3.23. The van der Waals surface area contributed by atoms with Gasteiger partial charge >= 0.3 is 0 Å². The van der Waals surface area contributed by atoms with Crippen LogP contribution in [-0.2, 0) is 17.6 Å². The van der Waals surface area contributed by atoms with Crippen LogP contribution in [0.4, 0.5) is 0 Å². The molecule has 2 heterocycles. The van der Waals surface area contributed by atoms with Crippen LogP contribution in [0.5, 0.6) is 0 Å². The molecule has 0 unspecified atom stereocenters. The fraction of sp³-hybridized carbons (Fsp3) is 0.350. The summed E-state index contributed by atoms with van der Waals surface area (Å²) in [5.74, 6) is 0.0855. The second-order valence-corrected chi connectivity index (χ2v) is 9.09. The summed E-state index contributed by atoms with van der Waals surface area (Å²) >= 11 is 3.35. The van der Waals surface area contributed by atoms with Crippen LogP contribution in [0.2, 0.25) is 0 Å². The van der Waals surface area contributed by atoms with Crippen molar-refractivity contribution < 1.29 is 4.79 Å². The standard InChI is InChI=1S/C20H19N3OS2/c24-18(23-13-9-10-13)17(12-5-2-1-3-6-12)26-20-16-14-7-4-8-15(14)25-19(16)21-11-22-20/h1-3,5-6,11,13,17H,4,7-10H2,(H,23,24)/t17-/m1/s1. The van der Waals surface area contributed by atoms with Gasteiger partial charge in [0.2, 0.25) is 5.91 Å². The fourth-order valence-electron chi connectivity index (χ4n) is 3.51. The van der Waals surface area contributed by atoms with Crippen LogP contribution in [0, 0.1) is 0 Å². The number of amides is 1. The lowest BCUT2D eigenvalue weighted by molar-refractivity contribution is -0.120. The van der Waals surface area contributed by atoms with E-state index in [0.717, 1.165) is 41.1 Å². The van der Waals surface area contributed by atoms with Gasteiger partial charge in [0.25, 0.3) is 0 Å². The first-order chi connectivity index (χ1) is 12.8. The van der Waals surface area contributed by atoms with E-state index in [0.29, 0.717) is 6.04 Å². The van der Waals surface area contributed by atoms with Crippen molar-refractivity contribution in [2.75, 3.05) is 0 Å². The summed E-state index contributed by atoms with van der Waals surface area (Å²) in [6.07, 6.45) is 7.27. The van der Waals surface area contributed by atoms with Gasteiger partial charge in [-0.1, -0.05) is 42.1 Å². The lowest BCUT2D eigenvalue weighted by Gasteiger charge is -2.17. The van der Waals surface area contributed by atoms with E-state index in [9.17, 15) is 4.79 Å². The maximum atomic E-state index is 12.9. The van der Waals surface area contributed by atoms with Crippen LogP contribution in [0.1, 0.15) is 40.5 Å². The second kappa shape index (κ2) is 6.67. The Kier molecular flexibility index (Phi) is 4.17. The van der Waals surface area contributed by atoms with Gasteiger partial charge in [0.1, 0.15) is 21.4 Å². The number of hydrogen-bond acceptors (Lipinski definition) is 5. The third-order valence-electron chi connectivity index (χ3n) is 4.96. The number of nitrogens with zero attached hydrogens (tertiary/aromatic N) is 2. The number of carbonyl (C=O) groups is 1. The van der Waals surface area contributed by atoms with Crippen LogP contribution < -0.4 is 5.32 Å². The smallest absolute Gasteiger partial charge is 0.238 e. The molecule has 1 aromatic carbocycles. The van der Waals surface area contributed by atoms with Crippen molar-refractivity contribution in [3.8, 4) is 0 Å². The van der Waals surface area contributed by atoms with Gasteiger partial charge in [-0.15, -0.1) is 11.3 Å². The molecule has 132 valence electrons. The Labute approximate surface area is 160 Å². The highest BCUT2D eigenvalue weighted by atomic mass is 32.2. The molecule has 1 N–H and O–H groups in total.